The molecule has 1 aromatic heterocycles. The molecule has 1 heterocycles. The van der Waals surface area contributed by atoms with Crippen LogP contribution in [-0.4, -0.2) is 27.3 Å². The molecule has 0 saturated heterocycles. The third-order valence-electron chi connectivity index (χ3n) is 5.72. The summed E-state index contributed by atoms with van der Waals surface area (Å²) in [5.41, 5.74) is 4.67. The highest BCUT2D eigenvalue weighted by molar-refractivity contribution is 6.31. The molecule has 0 unspecified atom stereocenters. The van der Waals surface area contributed by atoms with E-state index in [0.717, 1.165) is 51.9 Å². The van der Waals surface area contributed by atoms with Crippen molar-refractivity contribution in [3.63, 3.8) is 0 Å². The highest BCUT2D eigenvalue weighted by Gasteiger charge is 2.17. The Morgan fingerprint density at radius 3 is 2.74 bits per heavy atom. The zero-order valence-electron chi connectivity index (χ0n) is 19.5. The molecule has 3 aromatic carbocycles. The quantitative estimate of drug-likeness (QED) is 0.257. The Morgan fingerprint density at radius 2 is 1.97 bits per heavy atom. The molecule has 0 aliphatic carbocycles. The number of benzene rings is 3. The molecule has 0 bridgehead atoms. The number of hydrogen-bond acceptors (Lipinski definition) is 4. The van der Waals surface area contributed by atoms with Crippen molar-refractivity contribution < 1.29 is 19.4 Å². The molecule has 35 heavy (non-hydrogen) atoms. The van der Waals surface area contributed by atoms with Gasteiger partial charge in [-0.3, -0.25) is 15.2 Å². The largest absolute Gasteiger partial charge is 0.465 e. The standard InChI is InChI=1S/C27H26ClN3O4/c1-3-5-18-14-19(25-22-10-9-20(28)15-23(22)30-31-25)8-11-24(18)35-21-7-4-6-17(13-21)12-16(2)26(32)29-27(33)34/h4,6-11,13-16H,3,5,12H2,1-2H3,(H,29,32)(H,30,31)(H,33,34)/t16-/m0/s1. The molecule has 4 aromatic rings. The fourth-order valence-electron chi connectivity index (χ4n) is 4.04. The van der Waals surface area contributed by atoms with E-state index in [2.05, 4.69) is 23.2 Å². The van der Waals surface area contributed by atoms with E-state index in [1.54, 1.807) is 6.92 Å². The topological polar surface area (TPSA) is 104 Å². The molecular formula is C27H26ClN3O4. The summed E-state index contributed by atoms with van der Waals surface area (Å²) in [5.74, 6) is 0.387. The van der Waals surface area contributed by atoms with Crippen LogP contribution in [0.5, 0.6) is 11.5 Å². The third kappa shape index (κ3) is 5.81. The van der Waals surface area contributed by atoms with E-state index in [9.17, 15) is 9.59 Å². The van der Waals surface area contributed by atoms with Crippen LogP contribution in [0.25, 0.3) is 22.2 Å². The maximum absolute atomic E-state index is 11.9. The Morgan fingerprint density at radius 1 is 1.14 bits per heavy atom. The van der Waals surface area contributed by atoms with Crippen molar-refractivity contribution in [3.05, 3.63) is 76.8 Å². The van der Waals surface area contributed by atoms with Crippen LogP contribution in [0.15, 0.2) is 60.7 Å². The number of rotatable bonds is 8. The number of hydrogen-bond donors (Lipinski definition) is 3. The molecule has 1 atom stereocenters. The Bertz CT molecular complexity index is 1380. The number of carbonyl (C=O) groups is 2. The van der Waals surface area contributed by atoms with E-state index < -0.39 is 17.9 Å². The van der Waals surface area contributed by atoms with Gasteiger partial charge in [0.2, 0.25) is 5.91 Å². The minimum atomic E-state index is -1.35. The Balaban J connectivity index is 1.57. The van der Waals surface area contributed by atoms with Gasteiger partial charge in [0.05, 0.1) is 11.2 Å². The lowest BCUT2D eigenvalue weighted by Crippen LogP contribution is -2.34. The fraction of sp³-hybridized carbons (Fsp3) is 0.222. The molecule has 3 N–H and O–H groups in total. The maximum Gasteiger partial charge on any atom is 0.411 e. The van der Waals surface area contributed by atoms with Crippen molar-refractivity contribution in [3.8, 4) is 22.8 Å². The van der Waals surface area contributed by atoms with Gasteiger partial charge in [0.15, 0.2) is 0 Å². The molecule has 0 fully saturated rings. The van der Waals surface area contributed by atoms with Gasteiger partial charge in [0, 0.05) is 21.9 Å². The summed E-state index contributed by atoms with van der Waals surface area (Å²) in [6.07, 6.45) is 0.835. The fourth-order valence-corrected chi connectivity index (χ4v) is 4.21. The van der Waals surface area contributed by atoms with Crippen molar-refractivity contribution >= 4 is 34.5 Å². The van der Waals surface area contributed by atoms with Gasteiger partial charge in [-0.25, -0.2) is 4.79 Å². The van der Waals surface area contributed by atoms with Crippen LogP contribution >= 0.6 is 11.6 Å². The Labute approximate surface area is 208 Å². The summed E-state index contributed by atoms with van der Waals surface area (Å²) in [6, 6.07) is 19.2. The number of carbonyl (C=O) groups excluding carboxylic acids is 1. The third-order valence-corrected chi connectivity index (χ3v) is 5.96. The first kappa shape index (κ1) is 24.3. The molecular weight excluding hydrogens is 466 g/mol. The van der Waals surface area contributed by atoms with E-state index in [4.69, 9.17) is 21.4 Å². The number of imide groups is 1. The Hall–Kier alpha value is -3.84. The van der Waals surface area contributed by atoms with Gasteiger partial charge in [-0.05, 0) is 72.5 Å². The van der Waals surface area contributed by atoms with Gasteiger partial charge in [0.25, 0.3) is 0 Å². The summed E-state index contributed by atoms with van der Waals surface area (Å²) in [6.45, 7) is 3.81. The highest BCUT2D eigenvalue weighted by Crippen LogP contribution is 2.34. The molecule has 0 saturated carbocycles. The van der Waals surface area contributed by atoms with Crippen LogP contribution in [0.3, 0.4) is 0 Å². The molecule has 7 nitrogen and oxygen atoms in total. The number of ether oxygens (including phenoxy) is 1. The number of aryl methyl sites for hydroxylation is 1. The molecule has 0 aliphatic heterocycles. The van der Waals surface area contributed by atoms with E-state index in [1.165, 1.54) is 0 Å². The number of nitrogens with zero attached hydrogens (tertiary/aromatic N) is 1. The lowest BCUT2D eigenvalue weighted by atomic mass is 10.00. The molecule has 4 rings (SSSR count). The van der Waals surface area contributed by atoms with Crippen LogP contribution in [0, 0.1) is 5.92 Å². The maximum atomic E-state index is 11.9. The van der Waals surface area contributed by atoms with Crippen molar-refractivity contribution in [1.29, 1.82) is 0 Å². The number of fused-ring (bicyclic) bond motifs is 1. The number of aromatic amines is 1. The second-order valence-electron chi connectivity index (χ2n) is 8.48. The van der Waals surface area contributed by atoms with E-state index in [1.807, 2.05) is 59.9 Å². The van der Waals surface area contributed by atoms with Crippen LogP contribution < -0.4 is 10.1 Å². The number of carboxylic acid groups (broad SMARTS) is 1. The lowest BCUT2D eigenvalue weighted by Gasteiger charge is -2.14. The number of halogens is 1. The van der Waals surface area contributed by atoms with Crippen LogP contribution in [0.2, 0.25) is 5.02 Å². The smallest absolute Gasteiger partial charge is 0.411 e. The monoisotopic (exact) mass is 491 g/mol. The first-order chi connectivity index (χ1) is 16.8. The van der Waals surface area contributed by atoms with Crippen LogP contribution in [-0.2, 0) is 17.6 Å². The predicted molar refractivity (Wildman–Crippen MR) is 136 cm³/mol. The molecule has 2 amide bonds. The summed E-state index contributed by atoms with van der Waals surface area (Å²) in [5, 5.41) is 19.9. The molecule has 8 heteroatoms. The Kier molecular flexibility index (Phi) is 7.36. The minimum absolute atomic E-state index is 0.396. The first-order valence-corrected chi connectivity index (χ1v) is 11.8. The SMILES string of the molecule is CCCc1cc(-c2n[nH]c3cc(Cl)ccc23)ccc1Oc1cccc(C[C@H](C)C(=O)NC(=O)O)c1. The second kappa shape index (κ2) is 10.6. The zero-order chi connectivity index (χ0) is 24.9. The molecule has 0 spiro atoms. The van der Waals surface area contributed by atoms with Gasteiger partial charge >= 0.3 is 6.09 Å². The van der Waals surface area contributed by atoms with Crippen molar-refractivity contribution in [2.24, 2.45) is 5.92 Å². The number of nitrogens with one attached hydrogen (secondary N) is 2. The van der Waals surface area contributed by atoms with Gasteiger partial charge in [-0.1, -0.05) is 44.0 Å². The molecule has 180 valence electrons. The van der Waals surface area contributed by atoms with Crippen molar-refractivity contribution in [2.45, 2.75) is 33.1 Å². The zero-order valence-corrected chi connectivity index (χ0v) is 20.2. The van der Waals surface area contributed by atoms with Crippen molar-refractivity contribution in [2.75, 3.05) is 0 Å². The van der Waals surface area contributed by atoms with Gasteiger partial charge in [-0.15, -0.1) is 0 Å². The molecule has 0 aliphatic rings. The summed E-state index contributed by atoms with van der Waals surface area (Å²) in [7, 11) is 0. The van der Waals surface area contributed by atoms with E-state index in [0.29, 0.717) is 17.2 Å². The van der Waals surface area contributed by atoms with Gasteiger partial charge < -0.3 is 9.84 Å². The van der Waals surface area contributed by atoms with Crippen LogP contribution in [0.4, 0.5) is 4.79 Å². The van der Waals surface area contributed by atoms with E-state index in [-0.39, 0.29) is 0 Å². The first-order valence-electron chi connectivity index (χ1n) is 11.4. The summed E-state index contributed by atoms with van der Waals surface area (Å²) in [4.78, 5) is 22.7. The van der Waals surface area contributed by atoms with E-state index >= 15 is 0 Å². The van der Waals surface area contributed by atoms with Crippen LogP contribution in [0.1, 0.15) is 31.4 Å². The summed E-state index contributed by atoms with van der Waals surface area (Å²) < 4.78 is 6.24. The summed E-state index contributed by atoms with van der Waals surface area (Å²) >= 11 is 6.10. The highest BCUT2D eigenvalue weighted by atomic mass is 35.5. The molecule has 0 radical (unpaired) electrons. The predicted octanol–water partition coefficient (Wildman–Crippen LogP) is 6.60. The number of H-pyrrole nitrogens is 1. The number of amides is 2. The average Bonchev–Trinajstić information content (AvgIpc) is 3.23. The number of aromatic nitrogens is 2. The average molecular weight is 492 g/mol. The normalized spacial score (nSPS) is 11.9. The van der Waals surface area contributed by atoms with Gasteiger partial charge in [-0.2, -0.15) is 5.10 Å². The second-order valence-corrected chi connectivity index (χ2v) is 8.92. The van der Waals surface area contributed by atoms with Crippen molar-refractivity contribution in [1.82, 2.24) is 15.5 Å². The minimum Gasteiger partial charge on any atom is -0.465 e. The van der Waals surface area contributed by atoms with Gasteiger partial charge in [0.1, 0.15) is 11.5 Å². The lowest BCUT2D eigenvalue weighted by molar-refractivity contribution is -0.123.